The molecule has 2 rings (SSSR count). The minimum atomic E-state index is -0.745. The highest BCUT2D eigenvalue weighted by molar-refractivity contribution is 14.1. The van der Waals surface area contributed by atoms with Crippen molar-refractivity contribution in [3.8, 4) is 5.75 Å². The number of halogens is 1. The third-order valence-corrected chi connectivity index (χ3v) is 4.23. The molecule has 25 heavy (non-hydrogen) atoms. The standard InChI is InChI=1S/C20H21IO4/c1-4-23-12-13-24-18-14-16(21)10-11-17(18)19(22)25-20(2,3)15-8-6-5-7-9-15/h4-11,14H,1,12-13H2,2-3H3. The molecule has 4 nitrogen and oxygen atoms in total. The molecule has 0 amide bonds. The quantitative estimate of drug-likeness (QED) is 0.247. The van der Waals surface area contributed by atoms with Crippen LogP contribution in [0.15, 0.2) is 61.4 Å². The van der Waals surface area contributed by atoms with Gasteiger partial charge in [0.2, 0.25) is 0 Å². The van der Waals surface area contributed by atoms with Crippen molar-refractivity contribution in [3.63, 3.8) is 0 Å². The second-order valence-electron chi connectivity index (χ2n) is 5.79. The molecule has 0 atom stereocenters. The third-order valence-electron chi connectivity index (χ3n) is 3.56. The number of carbonyl (C=O) groups is 1. The Balaban J connectivity index is 2.16. The van der Waals surface area contributed by atoms with Gasteiger partial charge >= 0.3 is 5.97 Å². The van der Waals surface area contributed by atoms with Gasteiger partial charge in [0.1, 0.15) is 30.1 Å². The van der Waals surface area contributed by atoms with Crippen LogP contribution in [-0.4, -0.2) is 19.2 Å². The molecular formula is C20H21IO4. The Morgan fingerprint density at radius 1 is 1.16 bits per heavy atom. The maximum atomic E-state index is 12.7. The van der Waals surface area contributed by atoms with Crippen LogP contribution in [0.4, 0.5) is 0 Å². The summed E-state index contributed by atoms with van der Waals surface area (Å²) in [6.45, 7) is 7.89. The molecule has 0 aliphatic rings. The molecule has 132 valence electrons. The van der Waals surface area contributed by atoms with E-state index in [9.17, 15) is 4.79 Å². The summed E-state index contributed by atoms with van der Waals surface area (Å²) in [7, 11) is 0. The lowest BCUT2D eigenvalue weighted by Crippen LogP contribution is -2.26. The monoisotopic (exact) mass is 452 g/mol. The maximum Gasteiger partial charge on any atom is 0.342 e. The van der Waals surface area contributed by atoms with Gasteiger partial charge in [0.05, 0.1) is 6.26 Å². The summed E-state index contributed by atoms with van der Waals surface area (Å²) in [6.07, 6.45) is 1.36. The predicted octanol–water partition coefficient (Wildman–Crippen LogP) is 4.92. The van der Waals surface area contributed by atoms with Gasteiger partial charge in [0, 0.05) is 3.57 Å². The largest absolute Gasteiger partial charge is 0.498 e. The van der Waals surface area contributed by atoms with Crippen LogP contribution in [0.1, 0.15) is 29.8 Å². The molecule has 0 unspecified atom stereocenters. The molecule has 0 fully saturated rings. The molecule has 2 aromatic rings. The van der Waals surface area contributed by atoms with Crippen LogP contribution < -0.4 is 4.74 Å². The average Bonchev–Trinajstić information content (AvgIpc) is 2.59. The molecule has 0 aliphatic heterocycles. The number of rotatable bonds is 8. The zero-order valence-electron chi connectivity index (χ0n) is 14.3. The Bertz CT molecular complexity index is 726. The first kappa shape index (κ1) is 19.3. The first-order chi connectivity index (χ1) is 11.9. The van der Waals surface area contributed by atoms with E-state index in [0.29, 0.717) is 24.5 Å². The summed E-state index contributed by atoms with van der Waals surface area (Å²) in [6, 6.07) is 15.0. The van der Waals surface area contributed by atoms with Crippen LogP contribution in [0, 0.1) is 3.57 Å². The molecule has 0 saturated heterocycles. The van der Waals surface area contributed by atoms with Crippen molar-refractivity contribution in [2.75, 3.05) is 13.2 Å². The first-order valence-corrected chi connectivity index (χ1v) is 8.95. The predicted molar refractivity (Wildman–Crippen MR) is 106 cm³/mol. The lowest BCUT2D eigenvalue weighted by Gasteiger charge is -2.26. The molecule has 0 spiro atoms. The van der Waals surface area contributed by atoms with Crippen LogP contribution in [0.2, 0.25) is 0 Å². The number of hydrogen-bond acceptors (Lipinski definition) is 4. The zero-order chi connectivity index (χ0) is 18.3. The van der Waals surface area contributed by atoms with Crippen LogP contribution in [0.5, 0.6) is 5.75 Å². The Morgan fingerprint density at radius 2 is 1.88 bits per heavy atom. The summed E-state index contributed by atoms with van der Waals surface area (Å²) in [5.41, 5.74) is 0.573. The number of esters is 1. The molecule has 5 heteroatoms. The topological polar surface area (TPSA) is 44.8 Å². The van der Waals surface area contributed by atoms with Crippen molar-refractivity contribution in [2.24, 2.45) is 0 Å². The Morgan fingerprint density at radius 3 is 2.56 bits per heavy atom. The smallest absolute Gasteiger partial charge is 0.342 e. The van der Waals surface area contributed by atoms with E-state index in [2.05, 4.69) is 29.2 Å². The summed E-state index contributed by atoms with van der Waals surface area (Å²) in [4.78, 5) is 12.7. The molecule has 0 N–H and O–H groups in total. The third kappa shape index (κ3) is 5.49. The number of benzene rings is 2. The molecule has 0 saturated carbocycles. The van der Waals surface area contributed by atoms with Crippen molar-refractivity contribution in [2.45, 2.75) is 19.4 Å². The fraction of sp³-hybridized carbons (Fsp3) is 0.250. The van der Waals surface area contributed by atoms with Gasteiger partial charge in [-0.1, -0.05) is 36.9 Å². The van der Waals surface area contributed by atoms with Crippen molar-refractivity contribution in [3.05, 3.63) is 76.1 Å². The lowest BCUT2D eigenvalue weighted by atomic mass is 9.98. The average molecular weight is 452 g/mol. The molecule has 2 aromatic carbocycles. The fourth-order valence-corrected chi connectivity index (χ4v) is 2.72. The van der Waals surface area contributed by atoms with Gasteiger partial charge in [-0.25, -0.2) is 4.79 Å². The van der Waals surface area contributed by atoms with Crippen LogP contribution in [-0.2, 0) is 15.1 Å². The highest BCUT2D eigenvalue weighted by Crippen LogP contribution is 2.29. The van der Waals surface area contributed by atoms with E-state index in [1.54, 1.807) is 12.1 Å². The summed E-state index contributed by atoms with van der Waals surface area (Å²) in [5.74, 6) is 0.0540. The van der Waals surface area contributed by atoms with Crippen molar-refractivity contribution in [1.82, 2.24) is 0 Å². The molecule has 0 bridgehead atoms. The second kappa shape index (κ2) is 8.89. The number of carbonyl (C=O) groups excluding carboxylic acids is 1. The van der Waals surface area contributed by atoms with E-state index in [0.717, 1.165) is 9.13 Å². The van der Waals surface area contributed by atoms with Crippen molar-refractivity contribution in [1.29, 1.82) is 0 Å². The normalized spacial score (nSPS) is 10.8. The number of hydrogen-bond donors (Lipinski definition) is 0. The SMILES string of the molecule is C=COCCOc1cc(I)ccc1C(=O)OC(C)(C)c1ccccc1. The summed E-state index contributed by atoms with van der Waals surface area (Å²) in [5, 5.41) is 0. The van der Waals surface area contributed by atoms with Gasteiger partial charge < -0.3 is 14.2 Å². The van der Waals surface area contributed by atoms with E-state index in [1.807, 2.05) is 50.2 Å². The Kier molecular flexibility index (Phi) is 6.87. The molecule has 0 radical (unpaired) electrons. The Labute approximate surface area is 161 Å². The molecule has 0 aliphatic carbocycles. The maximum absolute atomic E-state index is 12.7. The van der Waals surface area contributed by atoms with Gasteiger partial charge in [-0.3, -0.25) is 0 Å². The van der Waals surface area contributed by atoms with Gasteiger partial charge in [-0.15, -0.1) is 0 Å². The number of ether oxygens (including phenoxy) is 3. The minimum Gasteiger partial charge on any atom is -0.498 e. The van der Waals surface area contributed by atoms with Crippen LogP contribution >= 0.6 is 22.6 Å². The highest BCUT2D eigenvalue weighted by Gasteiger charge is 2.27. The molecular weight excluding hydrogens is 431 g/mol. The fourth-order valence-electron chi connectivity index (χ4n) is 2.25. The molecule has 0 heterocycles. The second-order valence-corrected chi connectivity index (χ2v) is 7.04. The lowest BCUT2D eigenvalue weighted by molar-refractivity contribution is -0.00354. The van der Waals surface area contributed by atoms with E-state index < -0.39 is 11.6 Å². The van der Waals surface area contributed by atoms with E-state index in [-0.39, 0.29) is 0 Å². The highest BCUT2D eigenvalue weighted by atomic mass is 127. The first-order valence-electron chi connectivity index (χ1n) is 7.88. The van der Waals surface area contributed by atoms with Gasteiger partial charge in [0.25, 0.3) is 0 Å². The Hall–Kier alpha value is -2.02. The van der Waals surface area contributed by atoms with Gasteiger partial charge in [-0.05, 0) is 60.2 Å². The van der Waals surface area contributed by atoms with Crippen molar-refractivity contribution < 1.29 is 19.0 Å². The van der Waals surface area contributed by atoms with E-state index >= 15 is 0 Å². The zero-order valence-corrected chi connectivity index (χ0v) is 16.5. The van der Waals surface area contributed by atoms with Gasteiger partial charge in [-0.2, -0.15) is 0 Å². The summed E-state index contributed by atoms with van der Waals surface area (Å²) < 4.78 is 17.4. The van der Waals surface area contributed by atoms with Crippen LogP contribution in [0.3, 0.4) is 0 Å². The summed E-state index contributed by atoms with van der Waals surface area (Å²) >= 11 is 2.17. The van der Waals surface area contributed by atoms with Crippen molar-refractivity contribution >= 4 is 28.6 Å². The minimum absolute atomic E-state index is 0.314. The molecule has 0 aromatic heterocycles. The van der Waals surface area contributed by atoms with E-state index in [1.165, 1.54) is 6.26 Å². The van der Waals surface area contributed by atoms with Gasteiger partial charge in [0.15, 0.2) is 0 Å². The van der Waals surface area contributed by atoms with E-state index in [4.69, 9.17) is 14.2 Å². The van der Waals surface area contributed by atoms with Crippen LogP contribution in [0.25, 0.3) is 0 Å².